The highest BCUT2D eigenvalue weighted by atomic mass is 32.7. The lowest BCUT2D eigenvalue weighted by Crippen LogP contribution is -2.00. The first-order valence-electron chi connectivity index (χ1n) is 2.66. The molecule has 0 aromatic heterocycles. The zero-order valence-corrected chi connectivity index (χ0v) is 8.54. The van der Waals surface area contributed by atoms with Crippen LogP contribution in [0.5, 0.6) is 0 Å². The molecule has 0 rings (SSSR count). The number of hydrogen-bond acceptors (Lipinski definition) is 4. The van der Waals surface area contributed by atoms with E-state index in [2.05, 4.69) is 4.52 Å². The molecule has 0 fully saturated rings. The first kappa shape index (κ1) is 13.6. The Hall–Kier alpha value is -0.0300. The molecule has 0 aromatic rings. The highest BCUT2D eigenvalue weighted by Crippen LogP contribution is 2.48. The molecule has 0 saturated carbocycles. The second-order valence-electron chi connectivity index (χ2n) is 1.59. The Bertz CT molecular complexity index is 151. The van der Waals surface area contributed by atoms with Gasteiger partial charge >= 0.3 is 6.72 Å². The van der Waals surface area contributed by atoms with Crippen LogP contribution < -0.4 is 11.2 Å². The molecular formula is C4H14N3O2PS. The van der Waals surface area contributed by atoms with Gasteiger partial charge in [0.1, 0.15) is 0 Å². The van der Waals surface area contributed by atoms with Crippen LogP contribution in [-0.4, -0.2) is 19.2 Å². The molecule has 0 aromatic carbocycles. The molecule has 0 heterocycles. The Morgan fingerprint density at radius 2 is 2.00 bits per heavy atom. The Labute approximate surface area is 70.6 Å². The fraction of sp³-hybridized carbons (Fsp3) is 0.750. The van der Waals surface area contributed by atoms with Gasteiger partial charge in [-0.15, -0.1) is 0 Å². The predicted octanol–water partition coefficient (Wildman–Crippen LogP) is 1.00. The van der Waals surface area contributed by atoms with Gasteiger partial charge in [0.05, 0.1) is 5.84 Å². The van der Waals surface area contributed by atoms with E-state index in [0.29, 0.717) is 0 Å². The zero-order chi connectivity index (χ0) is 9.49. The molecule has 0 bridgehead atoms. The Balaban J connectivity index is 0. The molecule has 11 heavy (non-hydrogen) atoms. The van der Waals surface area contributed by atoms with E-state index >= 15 is 0 Å². The summed E-state index contributed by atoms with van der Waals surface area (Å²) < 4.78 is 14.9. The summed E-state index contributed by atoms with van der Waals surface area (Å²) in [5.74, 6) is 0.167. The topological polar surface area (TPSA) is 102 Å². The van der Waals surface area contributed by atoms with E-state index in [-0.39, 0.29) is 5.84 Å². The van der Waals surface area contributed by atoms with Gasteiger partial charge in [0.15, 0.2) is 0 Å². The fourth-order valence-electron chi connectivity index (χ4n) is 0.0745. The molecule has 0 aliphatic carbocycles. The van der Waals surface area contributed by atoms with Crippen molar-refractivity contribution in [3.8, 4) is 0 Å². The zero-order valence-electron chi connectivity index (χ0n) is 6.83. The lowest BCUT2D eigenvalue weighted by molar-refractivity contribution is 0.410. The molecule has 7 heteroatoms. The van der Waals surface area contributed by atoms with Crippen molar-refractivity contribution in [1.29, 1.82) is 5.41 Å². The number of nitrogens with two attached hydrogens (primary N) is 2. The Morgan fingerprint density at radius 1 is 1.73 bits per heavy atom. The van der Waals surface area contributed by atoms with E-state index < -0.39 is 6.72 Å². The first-order valence-corrected chi connectivity index (χ1v) is 6.18. The first-order chi connectivity index (χ1) is 4.85. The van der Waals surface area contributed by atoms with Crippen LogP contribution in [0, 0.1) is 5.41 Å². The molecule has 0 radical (unpaired) electrons. The van der Waals surface area contributed by atoms with Crippen LogP contribution >= 0.6 is 18.1 Å². The molecule has 0 saturated heterocycles. The fourth-order valence-corrected chi connectivity index (χ4v) is 0.671. The maximum atomic E-state index is 10.5. The van der Waals surface area contributed by atoms with Gasteiger partial charge in [-0.2, -0.15) is 0 Å². The average molecular weight is 199 g/mol. The van der Waals surface area contributed by atoms with Gasteiger partial charge in [0, 0.05) is 7.11 Å². The SMILES string of the molecule is CC(=N)N.COP(N)(=O)SC. The van der Waals surface area contributed by atoms with Crippen molar-refractivity contribution < 1.29 is 9.09 Å². The second-order valence-corrected chi connectivity index (χ2v) is 6.02. The maximum Gasteiger partial charge on any atom is 0.323 e. The molecular weight excluding hydrogens is 185 g/mol. The summed E-state index contributed by atoms with van der Waals surface area (Å²) in [6, 6.07) is 0. The number of hydrogen-bond donors (Lipinski definition) is 3. The summed E-state index contributed by atoms with van der Waals surface area (Å²) in [6.45, 7) is -1.21. The van der Waals surface area contributed by atoms with Gasteiger partial charge < -0.3 is 10.3 Å². The lowest BCUT2D eigenvalue weighted by Gasteiger charge is -2.02. The number of rotatable bonds is 2. The highest BCUT2D eigenvalue weighted by Gasteiger charge is 2.09. The Morgan fingerprint density at radius 3 is 2.00 bits per heavy atom. The molecule has 5 N–H and O–H groups in total. The molecule has 1 unspecified atom stereocenters. The Kier molecular flexibility index (Phi) is 8.21. The van der Waals surface area contributed by atoms with E-state index in [0.717, 1.165) is 11.4 Å². The van der Waals surface area contributed by atoms with Gasteiger partial charge in [-0.3, -0.25) is 15.5 Å². The van der Waals surface area contributed by atoms with Gasteiger partial charge in [-0.1, -0.05) is 11.4 Å². The summed E-state index contributed by atoms with van der Waals surface area (Å²) in [6.07, 6.45) is 1.64. The molecule has 0 amide bonds. The predicted molar refractivity (Wildman–Crippen MR) is 49.9 cm³/mol. The standard InChI is InChI=1S/C2H6N2.C2H8NO2PS/c1-2(3)4;1-5-6(3,4)7-2/h1H3,(H3,3,4);1-2H3,(H2,3,4). The van der Waals surface area contributed by atoms with Crippen molar-refractivity contribution in [3.63, 3.8) is 0 Å². The molecule has 1 atom stereocenters. The van der Waals surface area contributed by atoms with E-state index in [1.165, 1.54) is 14.0 Å². The summed E-state index contributed by atoms with van der Waals surface area (Å²) in [7, 11) is 1.33. The van der Waals surface area contributed by atoms with Gasteiger partial charge in [-0.25, -0.2) is 0 Å². The van der Waals surface area contributed by atoms with Gasteiger partial charge in [-0.05, 0) is 13.2 Å². The number of nitrogens with one attached hydrogen (secondary N) is 1. The van der Waals surface area contributed by atoms with Crippen LogP contribution in [0.2, 0.25) is 0 Å². The van der Waals surface area contributed by atoms with Crippen LogP contribution in [0.4, 0.5) is 0 Å². The van der Waals surface area contributed by atoms with E-state index in [1.807, 2.05) is 0 Å². The van der Waals surface area contributed by atoms with Crippen molar-refractivity contribution in [2.45, 2.75) is 6.92 Å². The minimum Gasteiger partial charge on any atom is -0.388 e. The van der Waals surface area contributed by atoms with Crippen molar-refractivity contribution in [2.24, 2.45) is 11.2 Å². The molecule has 68 valence electrons. The summed E-state index contributed by atoms with van der Waals surface area (Å²) >= 11 is 1.04. The van der Waals surface area contributed by atoms with Crippen LogP contribution in [-0.2, 0) is 9.09 Å². The second kappa shape index (κ2) is 6.67. The summed E-state index contributed by atoms with van der Waals surface area (Å²) in [5, 5.41) is 6.28. The van der Waals surface area contributed by atoms with Crippen LogP contribution in [0.3, 0.4) is 0 Å². The van der Waals surface area contributed by atoms with Crippen molar-refractivity contribution >= 4 is 23.9 Å². The summed E-state index contributed by atoms with van der Waals surface area (Å²) in [4.78, 5) is 0. The summed E-state index contributed by atoms with van der Waals surface area (Å²) in [5.41, 5.74) is 9.71. The minimum absolute atomic E-state index is 0.167. The molecule has 0 aliphatic heterocycles. The third-order valence-electron chi connectivity index (χ3n) is 0.509. The largest absolute Gasteiger partial charge is 0.388 e. The highest BCUT2D eigenvalue weighted by molar-refractivity contribution is 8.55. The van der Waals surface area contributed by atoms with Crippen molar-refractivity contribution in [1.82, 2.24) is 0 Å². The van der Waals surface area contributed by atoms with E-state index in [1.54, 1.807) is 6.26 Å². The van der Waals surface area contributed by atoms with Gasteiger partial charge in [0.25, 0.3) is 0 Å². The smallest absolute Gasteiger partial charge is 0.323 e. The average Bonchev–Trinajstić information content (AvgIpc) is 1.87. The van der Waals surface area contributed by atoms with Crippen molar-refractivity contribution in [2.75, 3.05) is 13.4 Å². The lowest BCUT2D eigenvalue weighted by atomic mass is 10.8. The van der Waals surface area contributed by atoms with Crippen LogP contribution in [0.25, 0.3) is 0 Å². The molecule has 0 spiro atoms. The van der Waals surface area contributed by atoms with Gasteiger partial charge in [0.2, 0.25) is 0 Å². The quantitative estimate of drug-likeness (QED) is 0.350. The number of amidine groups is 1. The third-order valence-corrected chi connectivity index (χ3v) is 3.50. The van der Waals surface area contributed by atoms with E-state index in [9.17, 15) is 4.57 Å². The van der Waals surface area contributed by atoms with E-state index in [4.69, 9.17) is 16.6 Å². The van der Waals surface area contributed by atoms with Crippen LogP contribution in [0.15, 0.2) is 0 Å². The van der Waals surface area contributed by atoms with Crippen molar-refractivity contribution in [3.05, 3.63) is 0 Å². The molecule has 0 aliphatic rings. The monoisotopic (exact) mass is 199 g/mol. The minimum atomic E-state index is -2.74. The van der Waals surface area contributed by atoms with Crippen LogP contribution in [0.1, 0.15) is 6.92 Å². The third kappa shape index (κ3) is 17.8. The normalized spacial score (nSPS) is 14.2. The molecule has 5 nitrogen and oxygen atoms in total. The maximum absolute atomic E-state index is 10.5.